The summed E-state index contributed by atoms with van der Waals surface area (Å²) in [6, 6.07) is 0. The van der Waals surface area contributed by atoms with Gasteiger partial charge in [0.1, 0.15) is 5.60 Å². The minimum absolute atomic E-state index is 0.0384. The van der Waals surface area contributed by atoms with Crippen molar-refractivity contribution in [1.82, 2.24) is 0 Å². The van der Waals surface area contributed by atoms with Crippen LogP contribution in [0.15, 0.2) is 11.6 Å². The third-order valence-corrected chi connectivity index (χ3v) is 11.6. The maximum atomic E-state index is 13.2. The van der Waals surface area contributed by atoms with Gasteiger partial charge in [-0.05, 0) is 74.7 Å². The van der Waals surface area contributed by atoms with Gasteiger partial charge in [0, 0.05) is 18.3 Å². The summed E-state index contributed by atoms with van der Waals surface area (Å²) in [6.45, 7) is 5.76. The van der Waals surface area contributed by atoms with Crippen LogP contribution in [0.2, 0.25) is 0 Å². The highest BCUT2D eigenvalue weighted by Gasteiger charge is 2.71. The second kappa shape index (κ2) is 8.13. The topological polar surface area (TPSA) is 113 Å². The van der Waals surface area contributed by atoms with Crippen molar-refractivity contribution in [2.75, 3.05) is 12.9 Å². The first-order chi connectivity index (χ1) is 16.4. The van der Waals surface area contributed by atoms with Crippen LogP contribution < -0.4 is 0 Å². The van der Waals surface area contributed by atoms with Crippen molar-refractivity contribution in [1.29, 1.82) is 0 Å². The predicted octanol–water partition coefficient (Wildman–Crippen LogP) is 3.34. The molecule has 8 nitrogen and oxygen atoms in total. The SMILES string of the molecule is CCS(=O)(=O)O[C@@H]1C[C@@]2(C)[C@@H](CC[C@@]23CCC(=O)O3)[C@H]2C1[C@@]1(C)CCC(=O)C=C1C[C@@H]2C(=O)OC. The van der Waals surface area contributed by atoms with Crippen LogP contribution in [0.5, 0.6) is 0 Å². The summed E-state index contributed by atoms with van der Waals surface area (Å²) in [5.74, 6) is -1.62. The number of fused-ring (bicyclic) bond motifs is 6. The molecule has 0 N–H and O–H groups in total. The zero-order chi connectivity index (χ0) is 25.4. The number of carbonyl (C=O) groups excluding carboxylic acids is 3. The Hall–Kier alpha value is -1.74. The monoisotopic (exact) mass is 508 g/mol. The minimum Gasteiger partial charge on any atom is -0.469 e. The van der Waals surface area contributed by atoms with Gasteiger partial charge in [-0.1, -0.05) is 19.4 Å². The van der Waals surface area contributed by atoms with Crippen LogP contribution in [0, 0.1) is 34.5 Å². The second-order valence-corrected chi connectivity index (χ2v) is 13.6. The van der Waals surface area contributed by atoms with Crippen LogP contribution in [-0.4, -0.2) is 50.7 Å². The van der Waals surface area contributed by atoms with E-state index in [1.807, 2.05) is 0 Å². The zero-order valence-electron chi connectivity index (χ0n) is 21.0. The lowest BCUT2D eigenvalue weighted by atomic mass is 9.43. The number of esters is 2. The van der Waals surface area contributed by atoms with Crippen LogP contribution in [0.3, 0.4) is 0 Å². The molecule has 0 aromatic carbocycles. The van der Waals surface area contributed by atoms with Gasteiger partial charge in [-0.2, -0.15) is 8.42 Å². The number of ketones is 1. The molecule has 1 spiro atoms. The molecule has 0 radical (unpaired) electrons. The number of hydrogen-bond donors (Lipinski definition) is 0. The van der Waals surface area contributed by atoms with Gasteiger partial charge in [-0.15, -0.1) is 0 Å². The summed E-state index contributed by atoms with van der Waals surface area (Å²) >= 11 is 0. The number of rotatable bonds is 4. The minimum atomic E-state index is -3.80. The molecule has 9 heteroatoms. The number of methoxy groups -OCH3 is 1. The lowest BCUT2D eigenvalue weighted by Gasteiger charge is -2.62. The van der Waals surface area contributed by atoms with E-state index >= 15 is 0 Å². The van der Waals surface area contributed by atoms with Gasteiger partial charge >= 0.3 is 11.9 Å². The molecule has 0 aromatic heterocycles. The van der Waals surface area contributed by atoms with Crippen molar-refractivity contribution >= 4 is 27.8 Å². The second-order valence-electron chi connectivity index (χ2n) is 11.7. The van der Waals surface area contributed by atoms with Gasteiger partial charge in [0.2, 0.25) is 0 Å². The number of ether oxygens (including phenoxy) is 2. The van der Waals surface area contributed by atoms with Crippen LogP contribution in [0.1, 0.15) is 72.1 Å². The quantitative estimate of drug-likeness (QED) is 0.420. The molecule has 0 aromatic rings. The lowest BCUT2D eigenvalue weighted by Crippen LogP contribution is -2.63. The summed E-state index contributed by atoms with van der Waals surface area (Å²) in [7, 11) is -2.43. The average Bonchev–Trinajstić information content (AvgIpc) is 3.32. The maximum Gasteiger partial charge on any atom is 0.309 e. The largest absolute Gasteiger partial charge is 0.469 e. The number of allylic oxidation sites excluding steroid dienone is 1. The third-order valence-electron chi connectivity index (χ3n) is 10.4. The fraction of sp³-hybridized carbons (Fsp3) is 0.808. The zero-order valence-corrected chi connectivity index (χ0v) is 21.8. The molecule has 1 saturated heterocycles. The summed E-state index contributed by atoms with van der Waals surface area (Å²) in [5.41, 5.74) is -0.753. The Morgan fingerprint density at radius 3 is 2.54 bits per heavy atom. The Labute approximate surface area is 207 Å². The van der Waals surface area contributed by atoms with Gasteiger partial charge in [0.25, 0.3) is 10.1 Å². The molecule has 0 bridgehead atoms. The van der Waals surface area contributed by atoms with Crippen molar-refractivity contribution in [3.8, 4) is 0 Å². The first kappa shape index (κ1) is 24.9. The van der Waals surface area contributed by atoms with Crippen molar-refractivity contribution in [3.05, 3.63) is 11.6 Å². The summed E-state index contributed by atoms with van der Waals surface area (Å²) in [6.07, 6.45) is 5.26. The van der Waals surface area contributed by atoms with E-state index in [0.717, 1.165) is 12.0 Å². The first-order valence-electron chi connectivity index (χ1n) is 12.8. The predicted molar refractivity (Wildman–Crippen MR) is 125 cm³/mol. The molecule has 8 atom stereocenters. The van der Waals surface area contributed by atoms with Crippen molar-refractivity contribution < 1.29 is 36.5 Å². The Morgan fingerprint density at radius 1 is 1.17 bits per heavy atom. The Balaban J connectivity index is 1.68. The van der Waals surface area contributed by atoms with E-state index < -0.39 is 38.6 Å². The maximum absolute atomic E-state index is 13.2. The number of carbonyl (C=O) groups is 3. The van der Waals surface area contributed by atoms with E-state index in [1.165, 1.54) is 7.11 Å². The molecule has 5 aliphatic rings. The van der Waals surface area contributed by atoms with E-state index in [9.17, 15) is 22.8 Å². The third kappa shape index (κ3) is 3.55. The summed E-state index contributed by atoms with van der Waals surface area (Å²) in [4.78, 5) is 37.9. The van der Waals surface area contributed by atoms with Crippen LogP contribution >= 0.6 is 0 Å². The average molecular weight is 509 g/mol. The molecular formula is C26H36O8S. The molecule has 194 valence electrons. The van der Waals surface area contributed by atoms with Crippen LogP contribution in [0.4, 0.5) is 0 Å². The Bertz CT molecular complexity index is 1090. The molecule has 35 heavy (non-hydrogen) atoms. The van der Waals surface area contributed by atoms with Crippen molar-refractivity contribution in [2.45, 2.75) is 83.8 Å². The molecule has 1 unspecified atom stereocenters. The smallest absolute Gasteiger partial charge is 0.309 e. The summed E-state index contributed by atoms with van der Waals surface area (Å²) in [5, 5.41) is 0. The lowest BCUT2D eigenvalue weighted by molar-refractivity contribution is -0.193. The summed E-state index contributed by atoms with van der Waals surface area (Å²) < 4.78 is 42.9. The van der Waals surface area contributed by atoms with Crippen LogP contribution in [-0.2, 0) is 38.2 Å². The molecular weight excluding hydrogens is 472 g/mol. The number of hydrogen-bond acceptors (Lipinski definition) is 8. The van der Waals surface area contributed by atoms with E-state index in [2.05, 4.69) is 13.8 Å². The highest BCUT2D eigenvalue weighted by molar-refractivity contribution is 7.86. The normalized spacial score (nSPS) is 44.8. The van der Waals surface area contributed by atoms with Gasteiger partial charge in [0.05, 0.1) is 24.9 Å². The molecule has 3 saturated carbocycles. The molecule has 1 aliphatic heterocycles. The van der Waals surface area contributed by atoms with E-state index in [1.54, 1.807) is 13.0 Å². The fourth-order valence-corrected chi connectivity index (χ4v) is 9.36. The van der Waals surface area contributed by atoms with Crippen molar-refractivity contribution in [2.24, 2.45) is 34.5 Å². The van der Waals surface area contributed by atoms with Gasteiger partial charge in [0.15, 0.2) is 5.78 Å². The van der Waals surface area contributed by atoms with E-state index in [-0.39, 0.29) is 41.2 Å². The molecule has 0 amide bonds. The Kier molecular flexibility index (Phi) is 5.79. The van der Waals surface area contributed by atoms with E-state index in [0.29, 0.717) is 44.9 Å². The van der Waals surface area contributed by atoms with Gasteiger partial charge < -0.3 is 9.47 Å². The highest BCUT2D eigenvalue weighted by atomic mass is 32.2. The van der Waals surface area contributed by atoms with Gasteiger partial charge in [-0.3, -0.25) is 18.6 Å². The molecule has 5 rings (SSSR count). The molecule has 1 heterocycles. The Morgan fingerprint density at radius 2 is 1.91 bits per heavy atom. The van der Waals surface area contributed by atoms with Gasteiger partial charge in [-0.25, -0.2) is 0 Å². The van der Waals surface area contributed by atoms with Crippen molar-refractivity contribution in [3.63, 3.8) is 0 Å². The fourth-order valence-electron chi connectivity index (χ4n) is 8.66. The van der Waals surface area contributed by atoms with E-state index in [4.69, 9.17) is 13.7 Å². The molecule has 4 fully saturated rings. The standard InChI is InChI=1S/C26H36O8S/c1-5-35(30,31)34-19-14-25(3)18(7-10-26(25)11-8-20(28)33-26)21-17(23(29)32-4)13-15-12-16(27)6-9-24(15,2)22(19)21/h12,17-19,21-22H,5-11,13-14H2,1-4H3/t17-,18-,19+,21-,22?,24-,25-,26+/m0/s1. The first-order valence-corrected chi connectivity index (χ1v) is 14.4. The van der Waals surface area contributed by atoms with Crippen LogP contribution in [0.25, 0.3) is 0 Å². The molecule has 4 aliphatic carbocycles. The highest BCUT2D eigenvalue weighted by Crippen LogP contribution is 2.71.